The topological polar surface area (TPSA) is 23.8 Å². The second-order valence-corrected chi connectivity index (χ2v) is 6.61. The Morgan fingerprint density at radius 2 is 1.36 bits per heavy atom. The minimum Gasteiger partial charge on any atom is -0.192 e. The van der Waals surface area contributed by atoms with Crippen LogP contribution in [0.3, 0.4) is 0 Å². The molecule has 0 aliphatic carbocycles. The third kappa shape index (κ3) is 2.38. The van der Waals surface area contributed by atoms with Crippen LogP contribution in [-0.2, 0) is 5.41 Å². The number of benzene rings is 3. The van der Waals surface area contributed by atoms with Crippen LogP contribution in [0.25, 0.3) is 21.9 Å². The van der Waals surface area contributed by atoms with Gasteiger partial charge in [0.25, 0.3) is 0 Å². The van der Waals surface area contributed by atoms with E-state index < -0.39 is 0 Å². The molecule has 0 spiro atoms. The Kier molecular flexibility index (Phi) is 3.47. The van der Waals surface area contributed by atoms with Crippen LogP contribution in [0.1, 0.15) is 31.9 Å². The van der Waals surface area contributed by atoms with E-state index in [0.29, 0.717) is 0 Å². The Morgan fingerprint density at radius 1 is 0.727 bits per heavy atom. The fourth-order valence-electron chi connectivity index (χ4n) is 3.00. The Bertz CT molecular complexity index is 876. The van der Waals surface area contributed by atoms with Crippen LogP contribution in [0, 0.1) is 11.3 Å². The molecule has 0 aromatic heterocycles. The van der Waals surface area contributed by atoms with Gasteiger partial charge in [-0.25, -0.2) is 0 Å². The lowest BCUT2D eigenvalue weighted by atomic mass is 9.81. The number of nitriles is 1. The molecular weight excluding hydrogens is 266 g/mol. The van der Waals surface area contributed by atoms with Gasteiger partial charge in [-0.1, -0.05) is 75.4 Å². The van der Waals surface area contributed by atoms with Gasteiger partial charge in [-0.05, 0) is 33.4 Å². The van der Waals surface area contributed by atoms with E-state index in [9.17, 15) is 5.26 Å². The van der Waals surface area contributed by atoms with Crippen molar-refractivity contribution in [3.63, 3.8) is 0 Å². The molecule has 0 radical (unpaired) electrons. The lowest BCUT2D eigenvalue weighted by molar-refractivity contribution is 0.596. The van der Waals surface area contributed by atoms with E-state index in [0.717, 1.165) is 16.7 Å². The normalized spacial score (nSPS) is 11.4. The fourth-order valence-corrected chi connectivity index (χ4v) is 3.00. The van der Waals surface area contributed by atoms with Crippen LogP contribution in [0.15, 0.2) is 60.7 Å². The highest BCUT2D eigenvalue weighted by atomic mass is 14.3. The van der Waals surface area contributed by atoms with Crippen molar-refractivity contribution in [1.82, 2.24) is 0 Å². The standard InChI is InChI=1S/C21H19N/c1-21(2,3)20-13-12-18(17-10-6-7-11-19(17)20)16-9-5-4-8-15(16)14-22/h4-13H,1-3H3. The number of fused-ring (bicyclic) bond motifs is 1. The van der Waals surface area contributed by atoms with Crippen LogP contribution < -0.4 is 0 Å². The lowest BCUT2D eigenvalue weighted by Gasteiger charge is -2.23. The lowest BCUT2D eigenvalue weighted by Crippen LogP contribution is -2.11. The van der Waals surface area contributed by atoms with Gasteiger partial charge in [0.15, 0.2) is 0 Å². The van der Waals surface area contributed by atoms with Crippen LogP contribution in [0.4, 0.5) is 0 Å². The molecule has 0 fully saturated rings. The zero-order valence-corrected chi connectivity index (χ0v) is 13.2. The summed E-state index contributed by atoms with van der Waals surface area (Å²) in [6.45, 7) is 6.70. The van der Waals surface area contributed by atoms with E-state index in [4.69, 9.17) is 0 Å². The summed E-state index contributed by atoms with van der Waals surface area (Å²) in [5.74, 6) is 0. The number of nitrogens with zero attached hydrogens (tertiary/aromatic N) is 1. The SMILES string of the molecule is CC(C)(C)c1ccc(-c2ccccc2C#N)c2ccccc12. The molecule has 3 aromatic carbocycles. The first-order valence-electron chi connectivity index (χ1n) is 7.54. The van der Waals surface area contributed by atoms with Crippen LogP contribution >= 0.6 is 0 Å². The van der Waals surface area contributed by atoms with Gasteiger partial charge >= 0.3 is 0 Å². The van der Waals surface area contributed by atoms with Gasteiger partial charge in [0.2, 0.25) is 0 Å². The Balaban J connectivity index is 2.37. The van der Waals surface area contributed by atoms with E-state index >= 15 is 0 Å². The van der Waals surface area contributed by atoms with E-state index in [2.05, 4.69) is 63.2 Å². The molecule has 0 amide bonds. The van der Waals surface area contributed by atoms with Crippen molar-refractivity contribution < 1.29 is 0 Å². The minimum atomic E-state index is 0.0902. The summed E-state index contributed by atoms with van der Waals surface area (Å²) in [7, 11) is 0. The number of rotatable bonds is 1. The molecule has 0 atom stereocenters. The average Bonchev–Trinajstić information content (AvgIpc) is 2.53. The summed E-state index contributed by atoms with van der Waals surface area (Å²) in [5, 5.41) is 11.9. The largest absolute Gasteiger partial charge is 0.192 e. The molecule has 0 bridgehead atoms. The van der Waals surface area contributed by atoms with Gasteiger partial charge in [-0.3, -0.25) is 0 Å². The van der Waals surface area contributed by atoms with Gasteiger partial charge in [-0.15, -0.1) is 0 Å². The molecule has 0 saturated carbocycles. The van der Waals surface area contributed by atoms with Crippen molar-refractivity contribution in [2.24, 2.45) is 0 Å². The molecule has 0 heterocycles. The summed E-state index contributed by atoms with van der Waals surface area (Å²) < 4.78 is 0. The zero-order valence-electron chi connectivity index (χ0n) is 13.2. The molecule has 0 aliphatic heterocycles. The average molecular weight is 285 g/mol. The molecule has 0 saturated heterocycles. The van der Waals surface area contributed by atoms with E-state index in [1.165, 1.54) is 16.3 Å². The Morgan fingerprint density at radius 3 is 2.05 bits per heavy atom. The van der Waals surface area contributed by atoms with Crippen molar-refractivity contribution in [1.29, 1.82) is 5.26 Å². The summed E-state index contributed by atoms with van der Waals surface area (Å²) in [6.07, 6.45) is 0. The van der Waals surface area contributed by atoms with Gasteiger partial charge in [0, 0.05) is 5.56 Å². The van der Waals surface area contributed by atoms with Crippen LogP contribution in [-0.4, -0.2) is 0 Å². The summed E-state index contributed by atoms with van der Waals surface area (Å²) in [5.41, 5.74) is 4.27. The highest BCUT2D eigenvalue weighted by Crippen LogP contribution is 2.36. The molecule has 0 N–H and O–H groups in total. The van der Waals surface area contributed by atoms with Crippen molar-refractivity contribution in [3.05, 3.63) is 71.8 Å². The molecule has 108 valence electrons. The maximum Gasteiger partial charge on any atom is 0.0998 e. The van der Waals surface area contributed by atoms with Crippen molar-refractivity contribution in [3.8, 4) is 17.2 Å². The highest BCUT2D eigenvalue weighted by Gasteiger charge is 2.18. The number of hydrogen-bond acceptors (Lipinski definition) is 1. The smallest absolute Gasteiger partial charge is 0.0998 e. The van der Waals surface area contributed by atoms with Gasteiger partial charge < -0.3 is 0 Å². The Hall–Kier alpha value is -2.59. The summed E-state index contributed by atoms with van der Waals surface area (Å²) in [6, 6.07) is 22.9. The molecule has 3 rings (SSSR count). The van der Waals surface area contributed by atoms with Crippen molar-refractivity contribution >= 4 is 10.8 Å². The third-order valence-corrected chi connectivity index (χ3v) is 4.07. The molecular formula is C21H19N. The first kappa shape index (κ1) is 14.4. The molecule has 0 aliphatic rings. The first-order chi connectivity index (χ1) is 10.5. The van der Waals surface area contributed by atoms with Crippen molar-refractivity contribution in [2.75, 3.05) is 0 Å². The van der Waals surface area contributed by atoms with Gasteiger partial charge in [-0.2, -0.15) is 5.26 Å². The summed E-state index contributed by atoms with van der Waals surface area (Å²) >= 11 is 0. The third-order valence-electron chi connectivity index (χ3n) is 4.07. The molecule has 1 nitrogen and oxygen atoms in total. The van der Waals surface area contributed by atoms with E-state index in [1.807, 2.05) is 24.3 Å². The van der Waals surface area contributed by atoms with Gasteiger partial charge in [0.05, 0.1) is 11.6 Å². The summed E-state index contributed by atoms with van der Waals surface area (Å²) in [4.78, 5) is 0. The van der Waals surface area contributed by atoms with Crippen molar-refractivity contribution in [2.45, 2.75) is 26.2 Å². The van der Waals surface area contributed by atoms with Gasteiger partial charge in [0.1, 0.15) is 0 Å². The number of hydrogen-bond donors (Lipinski definition) is 0. The fraction of sp³-hybridized carbons (Fsp3) is 0.190. The predicted molar refractivity (Wildman–Crippen MR) is 92.8 cm³/mol. The van der Waals surface area contributed by atoms with E-state index in [-0.39, 0.29) is 5.41 Å². The highest BCUT2D eigenvalue weighted by molar-refractivity contribution is 6.00. The second kappa shape index (κ2) is 5.31. The second-order valence-electron chi connectivity index (χ2n) is 6.61. The molecule has 1 heteroatoms. The van der Waals surface area contributed by atoms with Crippen LogP contribution in [0.2, 0.25) is 0 Å². The maximum atomic E-state index is 9.39. The monoisotopic (exact) mass is 285 g/mol. The molecule has 0 unspecified atom stereocenters. The Labute approximate surface area is 131 Å². The zero-order chi connectivity index (χ0) is 15.7. The minimum absolute atomic E-state index is 0.0902. The predicted octanol–water partition coefficient (Wildman–Crippen LogP) is 5.68. The maximum absolute atomic E-state index is 9.39. The quantitative estimate of drug-likeness (QED) is 0.564. The molecule has 3 aromatic rings. The van der Waals surface area contributed by atoms with Crippen LogP contribution in [0.5, 0.6) is 0 Å². The first-order valence-corrected chi connectivity index (χ1v) is 7.54. The molecule has 22 heavy (non-hydrogen) atoms. The van der Waals surface area contributed by atoms with E-state index in [1.54, 1.807) is 0 Å².